The van der Waals surface area contributed by atoms with E-state index in [1.165, 1.54) is 48.4 Å². The van der Waals surface area contributed by atoms with Gasteiger partial charge in [-0.05, 0) is 31.6 Å². The van der Waals surface area contributed by atoms with Crippen molar-refractivity contribution in [1.29, 1.82) is 0 Å². The van der Waals surface area contributed by atoms with Gasteiger partial charge in [-0.25, -0.2) is 4.98 Å². The maximum atomic E-state index is 5.62. The molecule has 1 aliphatic carbocycles. The molecule has 3 heteroatoms. The largest absolute Gasteiger partial charge is 0.326 e. The Hall–Kier alpha value is -0.410. The van der Waals surface area contributed by atoms with Crippen molar-refractivity contribution in [3.05, 3.63) is 16.1 Å². The molecule has 90 valence electrons. The number of thiazole rings is 1. The van der Waals surface area contributed by atoms with E-state index in [1.807, 2.05) is 17.5 Å². The summed E-state index contributed by atoms with van der Waals surface area (Å²) in [4.78, 5) is 5.75. The number of hydrogen-bond donors (Lipinski definition) is 1. The van der Waals surface area contributed by atoms with Gasteiger partial charge in [0, 0.05) is 23.5 Å². The van der Waals surface area contributed by atoms with Gasteiger partial charge in [0.05, 0.1) is 5.01 Å². The highest BCUT2D eigenvalue weighted by atomic mass is 32.1. The molecule has 1 fully saturated rings. The molecule has 1 aromatic heterocycles. The van der Waals surface area contributed by atoms with Crippen molar-refractivity contribution >= 4 is 11.3 Å². The zero-order chi connectivity index (χ0) is 11.4. The van der Waals surface area contributed by atoms with Crippen molar-refractivity contribution in [2.24, 2.45) is 11.7 Å². The Bertz CT molecular complexity index is 313. The number of hydrogen-bond acceptors (Lipinski definition) is 3. The molecule has 0 spiro atoms. The van der Waals surface area contributed by atoms with Gasteiger partial charge < -0.3 is 5.73 Å². The van der Waals surface area contributed by atoms with E-state index in [0.29, 0.717) is 6.54 Å². The van der Waals surface area contributed by atoms with Crippen molar-refractivity contribution in [3.8, 4) is 0 Å². The van der Waals surface area contributed by atoms with Crippen LogP contribution >= 0.6 is 11.3 Å². The number of rotatable bonds is 4. The fourth-order valence-electron chi connectivity index (χ4n) is 2.71. The van der Waals surface area contributed by atoms with Crippen molar-refractivity contribution in [2.45, 2.75) is 57.9 Å². The summed E-state index contributed by atoms with van der Waals surface area (Å²) in [6, 6.07) is 0. The predicted octanol–water partition coefficient (Wildman–Crippen LogP) is 3.68. The molecule has 0 unspecified atom stereocenters. The molecule has 16 heavy (non-hydrogen) atoms. The molecule has 0 aliphatic heterocycles. The second-order valence-electron chi connectivity index (χ2n) is 4.88. The van der Waals surface area contributed by atoms with Gasteiger partial charge in [-0.2, -0.15) is 0 Å². The second kappa shape index (κ2) is 5.78. The SMILES string of the molecule is CCCC1CCC(c2ncc(CN)s2)CC1. The molecular weight excluding hydrogens is 216 g/mol. The maximum absolute atomic E-state index is 5.62. The van der Waals surface area contributed by atoms with E-state index in [9.17, 15) is 0 Å². The molecule has 1 heterocycles. The van der Waals surface area contributed by atoms with Crippen LogP contribution in [0.4, 0.5) is 0 Å². The van der Waals surface area contributed by atoms with Crippen molar-refractivity contribution in [1.82, 2.24) is 4.98 Å². The van der Waals surface area contributed by atoms with E-state index in [-0.39, 0.29) is 0 Å². The molecule has 2 nitrogen and oxygen atoms in total. The molecule has 0 atom stereocenters. The van der Waals surface area contributed by atoms with E-state index < -0.39 is 0 Å². The lowest BCUT2D eigenvalue weighted by atomic mass is 9.80. The molecule has 0 bridgehead atoms. The summed E-state index contributed by atoms with van der Waals surface area (Å²) in [5.41, 5.74) is 5.62. The van der Waals surface area contributed by atoms with Crippen LogP contribution in [0.1, 0.15) is 61.3 Å². The van der Waals surface area contributed by atoms with Crippen molar-refractivity contribution in [3.63, 3.8) is 0 Å². The van der Waals surface area contributed by atoms with Gasteiger partial charge in [0.2, 0.25) is 0 Å². The van der Waals surface area contributed by atoms with Gasteiger partial charge in [-0.3, -0.25) is 0 Å². The first-order valence-corrected chi connectivity index (χ1v) is 7.29. The van der Waals surface area contributed by atoms with E-state index in [1.54, 1.807) is 0 Å². The normalized spacial score (nSPS) is 25.9. The molecule has 0 saturated heterocycles. The Kier molecular flexibility index (Phi) is 4.36. The Morgan fingerprint density at radius 1 is 1.38 bits per heavy atom. The standard InChI is InChI=1S/C13H22N2S/c1-2-3-10-4-6-11(7-5-10)13-15-9-12(8-14)16-13/h9-11H,2-8,14H2,1H3. The van der Waals surface area contributed by atoms with E-state index in [4.69, 9.17) is 5.73 Å². The molecule has 1 aliphatic rings. The summed E-state index contributed by atoms with van der Waals surface area (Å²) < 4.78 is 0. The third-order valence-electron chi connectivity index (χ3n) is 3.67. The first-order chi connectivity index (χ1) is 7.83. The Labute approximate surface area is 102 Å². The van der Waals surface area contributed by atoms with E-state index in [0.717, 1.165) is 11.8 Å². The van der Waals surface area contributed by atoms with Gasteiger partial charge in [-0.1, -0.05) is 19.8 Å². The summed E-state index contributed by atoms with van der Waals surface area (Å²) in [6.45, 7) is 2.93. The topological polar surface area (TPSA) is 38.9 Å². The van der Waals surface area contributed by atoms with Crippen LogP contribution in [0.3, 0.4) is 0 Å². The predicted molar refractivity (Wildman–Crippen MR) is 69.6 cm³/mol. The van der Waals surface area contributed by atoms with E-state index in [2.05, 4.69) is 11.9 Å². The van der Waals surface area contributed by atoms with Gasteiger partial charge in [0.15, 0.2) is 0 Å². The highest BCUT2D eigenvalue weighted by molar-refractivity contribution is 7.11. The average Bonchev–Trinajstić information content (AvgIpc) is 2.79. The van der Waals surface area contributed by atoms with Gasteiger partial charge in [0.25, 0.3) is 0 Å². The number of nitrogens with two attached hydrogens (primary N) is 1. The fraction of sp³-hybridized carbons (Fsp3) is 0.769. The lowest BCUT2D eigenvalue weighted by Crippen LogP contribution is -2.12. The zero-order valence-corrected chi connectivity index (χ0v) is 10.9. The van der Waals surface area contributed by atoms with Gasteiger partial charge in [-0.15, -0.1) is 11.3 Å². The third-order valence-corrected chi connectivity index (χ3v) is 4.85. The molecule has 1 saturated carbocycles. The van der Waals surface area contributed by atoms with Crippen molar-refractivity contribution in [2.75, 3.05) is 0 Å². The fourth-order valence-corrected chi connectivity index (χ4v) is 3.68. The Morgan fingerprint density at radius 3 is 2.69 bits per heavy atom. The lowest BCUT2D eigenvalue weighted by Gasteiger charge is -2.26. The molecule has 0 radical (unpaired) electrons. The Morgan fingerprint density at radius 2 is 2.12 bits per heavy atom. The highest BCUT2D eigenvalue weighted by Gasteiger charge is 2.23. The zero-order valence-electron chi connectivity index (χ0n) is 10.1. The summed E-state index contributed by atoms with van der Waals surface area (Å²) >= 11 is 1.82. The molecule has 1 aromatic rings. The molecule has 0 aromatic carbocycles. The number of nitrogens with zero attached hydrogens (tertiary/aromatic N) is 1. The smallest absolute Gasteiger partial charge is 0.0959 e. The first-order valence-electron chi connectivity index (χ1n) is 6.48. The van der Waals surface area contributed by atoms with Crippen LogP contribution in [-0.4, -0.2) is 4.98 Å². The number of aromatic nitrogens is 1. The van der Waals surface area contributed by atoms with Crippen LogP contribution < -0.4 is 5.73 Å². The minimum absolute atomic E-state index is 0.642. The summed E-state index contributed by atoms with van der Waals surface area (Å²) in [7, 11) is 0. The first kappa shape index (κ1) is 12.1. The maximum Gasteiger partial charge on any atom is 0.0959 e. The van der Waals surface area contributed by atoms with Crippen LogP contribution in [0, 0.1) is 5.92 Å². The Balaban J connectivity index is 1.88. The van der Waals surface area contributed by atoms with Crippen LogP contribution in [0.15, 0.2) is 6.20 Å². The third kappa shape index (κ3) is 2.83. The van der Waals surface area contributed by atoms with Crippen LogP contribution in [0.2, 0.25) is 0 Å². The summed E-state index contributed by atoms with van der Waals surface area (Å²) in [5, 5.41) is 1.33. The van der Waals surface area contributed by atoms with Crippen LogP contribution in [-0.2, 0) is 6.54 Å². The van der Waals surface area contributed by atoms with Crippen LogP contribution in [0.25, 0.3) is 0 Å². The summed E-state index contributed by atoms with van der Waals surface area (Å²) in [6.07, 6.45) is 10.2. The average molecular weight is 238 g/mol. The minimum atomic E-state index is 0.642. The minimum Gasteiger partial charge on any atom is -0.326 e. The van der Waals surface area contributed by atoms with Crippen LogP contribution in [0.5, 0.6) is 0 Å². The van der Waals surface area contributed by atoms with Gasteiger partial charge >= 0.3 is 0 Å². The second-order valence-corrected chi connectivity index (χ2v) is 6.02. The molecule has 2 N–H and O–H groups in total. The molecule has 2 rings (SSSR count). The molecular formula is C13H22N2S. The molecule has 0 amide bonds. The lowest BCUT2D eigenvalue weighted by molar-refractivity contribution is 0.308. The highest BCUT2D eigenvalue weighted by Crippen LogP contribution is 2.38. The van der Waals surface area contributed by atoms with Crippen molar-refractivity contribution < 1.29 is 0 Å². The summed E-state index contributed by atoms with van der Waals surface area (Å²) in [5.74, 6) is 1.70. The monoisotopic (exact) mass is 238 g/mol. The quantitative estimate of drug-likeness (QED) is 0.869. The van der Waals surface area contributed by atoms with E-state index >= 15 is 0 Å². The van der Waals surface area contributed by atoms with Gasteiger partial charge in [0.1, 0.15) is 0 Å².